The molecule has 0 aliphatic rings. The summed E-state index contributed by atoms with van der Waals surface area (Å²) in [6.45, 7) is 1.49. The lowest BCUT2D eigenvalue weighted by Gasteiger charge is -2.04. The van der Waals surface area contributed by atoms with Gasteiger partial charge in [-0.05, 0) is 42.9 Å². The van der Waals surface area contributed by atoms with Crippen LogP contribution in [0.3, 0.4) is 0 Å². The molecule has 0 aliphatic carbocycles. The predicted molar refractivity (Wildman–Crippen MR) is 77.6 cm³/mol. The summed E-state index contributed by atoms with van der Waals surface area (Å²) in [5, 5.41) is 11.2. The molecule has 4 nitrogen and oxygen atoms in total. The highest BCUT2D eigenvalue weighted by atomic mass is 32.2. The average Bonchev–Trinajstić information content (AvgIpc) is 2.34. The van der Waals surface area contributed by atoms with Crippen LogP contribution in [0.2, 0.25) is 0 Å². The minimum Gasteiger partial charge on any atom is -0.481 e. The number of rotatable bonds is 8. The Bertz CT molecular complexity index is 417. The van der Waals surface area contributed by atoms with Gasteiger partial charge in [0.1, 0.15) is 0 Å². The van der Waals surface area contributed by atoms with E-state index in [1.54, 1.807) is 11.8 Å². The highest BCUT2D eigenvalue weighted by molar-refractivity contribution is 7.99. The topological polar surface area (TPSA) is 66.4 Å². The second kappa shape index (κ2) is 8.58. The molecule has 0 aliphatic heterocycles. The number of carbonyl (C=O) groups is 2. The van der Waals surface area contributed by atoms with Crippen LogP contribution >= 0.6 is 11.8 Å². The van der Waals surface area contributed by atoms with E-state index in [1.807, 2.05) is 24.3 Å². The van der Waals surface area contributed by atoms with Crippen molar-refractivity contribution in [1.82, 2.24) is 0 Å². The summed E-state index contributed by atoms with van der Waals surface area (Å²) < 4.78 is 0. The first kappa shape index (κ1) is 15.6. The summed E-state index contributed by atoms with van der Waals surface area (Å²) in [5.74, 6) is 0.194. The fraction of sp³-hybridized carbons (Fsp3) is 0.429. The molecule has 0 fully saturated rings. The molecule has 0 heterocycles. The van der Waals surface area contributed by atoms with Crippen molar-refractivity contribution in [2.45, 2.75) is 37.5 Å². The smallest absolute Gasteiger partial charge is 0.303 e. The summed E-state index contributed by atoms with van der Waals surface area (Å²) >= 11 is 1.75. The Kier molecular flexibility index (Phi) is 7.03. The van der Waals surface area contributed by atoms with Crippen molar-refractivity contribution in [3.63, 3.8) is 0 Å². The van der Waals surface area contributed by atoms with Crippen molar-refractivity contribution >= 4 is 29.3 Å². The van der Waals surface area contributed by atoms with Crippen LogP contribution < -0.4 is 5.32 Å². The molecule has 0 radical (unpaired) electrons. The van der Waals surface area contributed by atoms with Gasteiger partial charge >= 0.3 is 5.97 Å². The summed E-state index contributed by atoms with van der Waals surface area (Å²) in [4.78, 5) is 22.3. The van der Waals surface area contributed by atoms with E-state index < -0.39 is 5.97 Å². The molecule has 0 atom stereocenters. The number of benzene rings is 1. The van der Waals surface area contributed by atoms with Crippen LogP contribution in [0.4, 0.5) is 5.69 Å². The van der Waals surface area contributed by atoms with E-state index in [9.17, 15) is 9.59 Å². The van der Waals surface area contributed by atoms with Crippen molar-refractivity contribution in [3.8, 4) is 0 Å². The van der Waals surface area contributed by atoms with Gasteiger partial charge in [0, 0.05) is 23.9 Å². The van der Waals surface area contributed by atoms with Gasteiger partial charge in [-0.1, -0.05) is 6.42 Å². The third-order valence-corrected chi connectivity index (χ3v) is 3.58. The SMILES string of the molecule is CC(=O)Nc1ccc(SCCCCCC(=O)O)cc1. The lowest BCUT2D eigenvalue weighted by atomic mass is 10.2. The number of hydrogen-bond donors (Lipinski definition) is 2. The number of amides is 1. The molecule has 0 bridgehead atoms. The maximum absolute atomic E-state index is 10.9. The Hall–Kier alpha value is -1.49. The van der Waals surface area contributed by atoms with E-state index >= 15 is 0 Å². The van der Waals surface area contributed by atoms with Crippen LogP contribution in [0.1, 0.15) is 32.6 Å². The van der Waals surface area contributed by atoms with Crippen molar-refractivity contribution in [2.24, 2.45) is 0 Å². The normalized spacial score (nSPS) is 10.2. The molecule has 0 saturated heterocycles. The van der Waals surface area contributed by atoms with Crippen LogP contribution in [-0.2, 0) is 9.59 Å². The number of anilines is 1. The number of carbonyl (C=O) groups excluding carboxylic acids is 1. The zero-order valence-electron chi connectivity index (χ0n) is 11.0. The first-order valence-electron chi connectivity index (χ1n) is 6.30. The van der Waals surface area contributed by atoms with Gasteiger partial charge < -0.3 is 10.4 Å². The highest BCUT2D eigenvalue weighted by Gasteiger charge is 1.99. The average molecular weight is 281 g/mol. The largest absolute Gasteiger partial charge is 0.481 e. The highest BCUT2D eigenvalue weighted by Crippen LogP contribution is 2.21. The van der Waals surface area contributed by atoms with Crippen molar-refractivity contribution in [1.29, 1.82) is 0 Å². The monoisotopic (exact) mass is 281 g/mol. The van der Waals surface area contributed by atoms with Gasteiger partial charge in [0.15, 0.2) is 0 Å². The Morgan fingerprint density at radius 3 is 2.42 bits per heavy atom. The van der Waals surface area contributed by atoms with Gasteiger partial charge in [0.2, 0.25) is 5.91 Å². The van der Waals surface area contributed by atoms with E-state index in [1.165, 1.54) is 6.92 Å². The lowest BCUT2D eigenvalue weighted by Crippen LogP contribution is -2.05. The predicted octanol–water partition coefficient (Wildman–Crippen LogP) is 3.38. The number of hydrogen-bond acceptors (Lipinski definition) is 3. The molecule has 1 aromatic rings. The first-order chi connectivity index (χ1) is 9.08. The molecule has 0 unspecified atom stereocenters. The maximum Gasteiger partial charge on any atom is 0.303 e. The fourth-order valence-corrected chi connectivity index (χ4v) is 2.50. The minimum atomic E-state index is -0.721. The molecular formula is C14H19NO3S. The molecule has 19 heavy (non-hydrogen) atoms. The maximum atomic E-state index is 10.9. The van der Waals surface area contributed by atoms with E-state index in [0.717, 1.165) is 35.6 Å². The molecule has 0 spiro atoms. The van der Waals surface area contributed by atoms with Crippen molar-refractivity contribution < 1.29 is 14.7 Å². The van der Waals surface area contributed by atoms with E-state index in [0.29, 0.717) is 0 Å². The molecule has 0 saturated carbocycles. The third-order valence-electron chi connectivity index (χ3n) is 2.48. The van der Waals surface area contributed by atoms with Gasteiger partial charge in [-0.3, -0.25) is 9.59 Å². The molecule has 1 rings (SSSR count). The molecule has 2 N–H and O–H groups in total. The Morgan fingerprint density at radius 2 is 1.84 bits per heavy atom. The number of aliphatic carboxylic acids is 1. The number of carboxylic acids is 1. The molecule has 1 aromatic carbocycles. The molecule has 1 amide bonds. The van der Waals surface area contributed by atoms with Crippen molar-refractivity contribution in [3.05, 3.63) is 24.3 Å². The minimum absolute atomic E-state index is 0.0705. The summed E-state index contributed by atoms with van der Waals surface area (Å²) in [5.41, 5.74) is 0.804. The summed E-state index contributed by atoms with van der Waals surface area (Å²) in [6.07, 6.45) is 2.97. The van der Waals surface area contributed by atoms with Gasteiger partial charge in [-0.15, -0.1) is 11.8 Å². The second-order valence-corrected chi connectivity index (χ2v) is 5.43. The fourth-order valence-electron chi connectivity index (χ4n) is 1.58. The van der Waals surface area contributed by atoms with Crippen LogP contribution in [0.5, 0.6) is 0 Å². The van der Waals surface area contributed by atoms with Gasteiger partial charge in [0.05, 0.1) is 0 Å². The van der Waals surface area contributed by atoms with E-state index in [4.69, 9.17) is 5.11 Å². The summed E-state index contributed by atoms with van der Waals surface area (Å²) in [6, 6.07) is 7.72. The first-order valence-corrected chi connectivity index (χ1v) is 7.29. The van der Waals surface area contributed by atoms with Crippen LogP contribution in [0.15, 0.2) is 29.2 Å². The standard InChI is InChI=1S/C14H19NO3S/c1-11(16)15-12-6-8-13(9-7-12)19-10-4-2-3-5-14(17)18/h6-9H,2-5,10H2,1H3,(H,15,16)(H,17,18). The van der Waals surface area contributed by atoms with E-state index in [2.05, 4.69) is 5.32 Å². The van der Waals surface area contributed by atoms with Gasteiger partial charge in [-0.25, -0.2) is 0 Å². The number of unbranched alkanes of at least 4 members (excludes halogenated alkanes) is 2. The number of thioether (sulfide) groups is 1. The lowest BCUT2D eigenvalue weighted by molar-refractivity contribution is -0.137. The molecule has 0 aromatic heterocycles. The zero-order chi connectivity index (χ0) is 14.1. The zero-order valence-corrected chi connectivity index (χ0v) is 11.8. The number of carboxylic acid groups (broad SMARTS) is 1. The third kappa shape index (κ3) is 7.51. The molecule has 104 valence electrons. The molecule has 5 heteroatoms. The quantitative estimate of drug-likeness (QED) is 0.566. The summed E-state index contributed by atoms with van der Waals surface area (Å²) in [7, 11) is 0. The Labute approximate surface area is 117 Å². The van der Waals surface area contributed by atoms with Gasteiger partial charge in [0.25, 0.3) is 0 Å². The van der Waals surface area contributed by atoms with E-state index in [-0.39, 0.29) is 12.3 Å². The second-order valence-electron chi connectivity index (χ2n) is 4.26. The van der Waals surface area contributed by atoms with Crippen LogP contribution in [0.25, 0.3) is 0 Å². The number of nitrogens with one attached hydrogen (secondary N) is 1. The Balaban J connectivity index is 2.19. The molecular weight excluding hydrogens is 262 g/mol. The van der Waals surface area contributed by atoms with Crippen LogP contribution in [-0.4, -0.2) is 22.7 Å². The van der Waals surface area contributed by atoms with Gasteiger partial charge in [-0.2, -0.15) is 0 Å². The van der Waals surface area contributed by atoms with Crippen LogP contribution in [0, 0.1) is 0 Å². The van der Waals surface area contributed by atoms with Crippen molar-refractivity contribution in [2.75, 3.05) is 11.1 Å². The Morgan fingerprint density at radius 1 is 1.16 bits per heavy atom.